The summed E-state index contributed by atoms with van der Waals surface area (Å²) in [6, 6.07) is 9.89. The predicted molar refractivity (Wildman–Crippen MR) is 129 cm³/mol. The molecule has 34 heavy (non-hydrogen) atoms. The predicted octanol–water partition coefficient (Wildman–Crippen LogP) is 4.34. The molecule has 1 aromatic heterocycles. The average molecular weight is 474 g/mol. The normalized spacial score (nSPS) is 22.0. The summed E-state index contributed by atoms with van der Waals surface area (Å²) in [4.78, 5) is 14.2. The molecule has 4 heterocycles. The molecular formula is C26H34F3N5. The minimum absolute atomic E-state index is 0.477. The van der Waals surface area contributed by atoms with E-state index in [0.29, 0.717) is 5.41 Å². The van der Waals surface area contributed by atoms with Crippen LogP contribution in [0.3, 0.4) is 0 Å². The maximum absolute atomic E-state index is 12.8. The average Bonchev–Trinajstić information content (AvgIpc) is 3.25. The Bertz CT molecular complexity index is 961. The molecule has 5 rings (SSSR count). The van der Waals surface area contributed by atoms with Crippen LogP contribution < -0.4 is 9.80 Å². The molecule has 3 aliphatic rings. The summed E-state index contributed by atoms with van der Waals surface area (Å²) in [5, 5.41) is 0. The van der Waals surface area contributed by atoms with Crippen LogP contribution in [0.15, 0.2) is 42.6 Å². The third-order valence-electron chi connectivity index (χ3n) is 7.97. The Kier molecular flexibility index (Phi) is 6.46. The van der Waals surface area contributed by atoms with Gasteiger partial charge in [-0.1, -0.05) is 0 Å². The van der Waals surface area contributed by atoms with Gasteiger partial charge in [0.15, 0.2) is 0 Å². The Hall–Kier alpha value is -2.32. The molecular weight excluding hydrogens is 439 g/mol. The van der Waals surface area contributed by atoms with Crippen molar-refractivity contribution in [2.24, 2.45) is 5.41 Å². The summed E-state index contributed by atoms with van der Waals surface area (Å²) in [5.41, 5.74) is 3.10. The van der Waals surface area contributed by atoms with Crippen LogP contribution in [-0.4, -0.2) is 74.2 Å². The monoisotopic (exact) mass is 473 g/mol. The van der Waals surface area contributed by atoms with E-state index in [9.17, 15) is 13.2 Å². The van der Waals surface area contributed by atoms with Crippen molar-refractivity contribution in [2.75, 3.05) is 69.2 Å². The second-order valence-electron chi connectivity index (χ2n) is 10.3. The molecule has 184 valence electrons. The summed E-state index contributed by atoms with van der Waals surface area (Å²) in [6.07, 6.45) is 1.51. The third-order valence-corrected chi connectivity index (χ3v) is 7.97. The van der Waals surface area contributed by atoms with Crippen LogP contribution in [0.1, 0.15) is 30.5 Å². The van der Waals surface area contributed by atoms with E-state index in [1.807, 2.05) is 6.20 Å². The van der Waals surface area contributed by atoms with Crippen LogP contribution in [0, 0.1) is 5.41 Å². The molecule has 0 N–H and O–H groups in total. The van der Waals surface area contributed by atoms with E-state index in [-0.39, 0.29) is 0 Å². The first-order valence-corrected chi connectivity index (χ1v) is 12.3. The number of halogens is 3. The van der Waals surface area contributed by atoms with Gasteiger partial charge < -0.3 is 14.7 Å². The molecule has 2 aromatic rings. The maximum atomic E-state index is 12.8. The number of likely N-dealkylation sites (tertiary alicyclic amines) is 1. The molecule has 8 heteroatoms. The molecule has 0 bridgehead atoms. The standard InChI is InChI=1S/C26H34F3N5/c1-31-11-7-25(8-12-31)9-13-34(20-25)24-6-10-30-22(18-24)19-32-14-16-33(17-15-32)23-4-2-21(3-5-23)26(27,28)29/h2-6,10,18H,7-9,11-17,19-20H2,1H3. The van der Waals surface area contributed by atoms with Crippen LogP contribution in [0.4, 0.5) is 24.5 Å². The number of hydrogen-bond acceptors (Lipinski definition) is 5. The molecule has 0 amide bonds. The molecule has 0 aliphatic carbocycles. The zero-order valence-corrected chi connectivity index (χ0v) is 19.9. The van der Waals surface area contributed by atoms with Gasteiger partial charge in [-0.3, -0.25) is 9.88 Å². The smallest absolute Gasteiger partial charge is 0.371 e. The Morgan fingerprint density at radius 1 is 0.824 bits per heavy atom. The molecule has 1 aromatic carbocycles. The number of aromatic nitrogens is 1. The summed E-state index contributed by atoms with van der Waals surface area (Å²) in [7, 11) is 2.22. The number of benzene rings is 1. The number of anilines is 2. The first-order valence-electron chi connectivity index (χ1n) is 12.3. The second kappa shape index (κ2) is 9.38. The number of hydrogen-bond donors (Lipinski definition) is 0. The summed E-state index contributed by atoms with van der Waals surface area (Å²) >= 11 is 0. The molecule has 3 aliphatic heterocycles. The van der Waals surface area contributed by atoms with Gasteiger partial charge in [0.25, 0.3) is 0 Å². The Balaban J connectivity index is 1.15. The van der Waals surface area contributed by atoms with Crippen molar-refractivity contribution in [1.82, 2.24) is 14.8 Å². The number of piperazine rings is 1. The van der Waals surface area contributed by atoms with E-state index in [1.165, 1.54) is 50.2 Å². The fraction of sp³-hybridized carbons (Fsp3) is 0.577. The van der Waals surface area contributed by atoms with Gasteiger partial charge in [0.05, 0.1) is 11.3 Å². The van der Waals surface area contributed by atoms with Crippen LogP contribution >= 0.6 is 0 Å². The Morgan fingerprint density at radius 3 is 2.18 bits per heavy atom. The van der Waals surface area contributed by atoms with Crippen LogP contribution in [0.2, 0.25) is 0 Å². The molecule has 1 spiro atoms. The molecule has 0 saturated carbocycles. The minimum atomic E-state index is -4.29. The van der Waals surface area contributed by atoms with Gasteiger partial charge in [-0.15, -0.1) is 0 Å². The van der Waals surface area contributed by atoms with E-state index >= 15 is 0 Å². The van der Waals surface area contributed by atoms with E-state index in [2.05, 4.69) is 43.8 Å². The quantitative estimate of drug-likeness (QED) is 0.658. The lowest BCUT2D eigenvalue weighted by atomic mass is 9.78. The van der Waals surface area contributed by atoms with Crippen molar-refractivity contribution in [3.05, 3.63) is 53.9 Å². The van der Waals surface area contributed by atoms with E-state index < -0.39 is 11.7 Å². The lowest BCUT2D eigenvalue weighted by Gasteiger charge is -2.38. The minimum Gasteiger partial charge on any atom is -0.371 e. The van der Waals surface area contributed by atoms with Gasteiger partial charge in [0, 0.05) is 63.4 Å². The fourth-order valence-corrected chi connectivity index (χ4v) is 5.66. The van der Waals surface area contributed by atoms with E-state index in [0.717, 1.165) is 57.2 Å². The van der Waals surface area contributed by atoms with Gasteiger partial charge in [-0.05, 0) is 81.2 Å². The summed E-state index contributed by atoms with van der Waals surface area (Å²) in [6.45, 7) is 8.82. The SMILES string of the molecule is CN1CCC2(CC1)CCN(c1ccnc(CN3CCN(c4ccc(C(F)(F)F)cc4)CC3)c1)C2. The third kappa shape index (κ3) is 5.18. The number of pyridine rings is 1. The lowest BCUT2D eigenvalue weighted by molar-refractivity contribution is -0.137. The number of rotatable bonds is 4. The first kappa shape index (κ1) is 23.4. The first-order chi connectivity index (χ1) is 16.3. The van der Waals surface area contributed by atoms with Gasteiger partial charge in [0.2, 0.25) is 0 Å². The molecule has 0 radical (unpaired) electrons. The molecule has 5 nitrogen and oxygen atoms in total. The van der Waals surface area contributed by atoms with Crippen molar-refractivity contribution < 1.29 is 13.2 Å². The van der Waals surface area contributed by atoms with Gasteiger partial charge in [0.1, 0.15) is 0 Å². The van der Waals surface area contributed by atoms with Gasteiger partial charge in [-0.25, -0.2) is 0 Å². The van der Waals surface area contributed by atoms with Crippen LogP contribution in [-0.2, 0) is 12.7 Å². The van der Waals surface area contributed by atoms with Crippen LogP contribution in [0.25, 0.3) is 0 Å². The van der Waals surface area contributed by atoms with Gasteiger partial charge in [-0.2, -0.15) is 13.2 Å². The lowest BCUT2D eigenvalue weighted by Crippen LogP contribution is -2.46. The number of piperidine rings is 1. The topological polar surface area (TPSA) is 25.9 Å². The summed E-state index contributed by atoms with van der Waals surface area (Å²) in [5.74, 6) is 0. The van der Waals surface area contributed by atoms with Crippen molar-refractivity contribution in [3.8, 4) is 0 Å². The number of nitrogens with zero attached hydrogens (tertiary/aromatic N) is 5. The Morgan fingerprint density at radius 2 is 1.50 bits per heavy atom. The van der Waals surface area contributed by atoms with Crippen molar-refractivity contribution in [2.45, 2.75) is 32.0 Å². The fourth-order valence-electron chi connectivity index (χ4n) is 5.66. The van der Waals surface area contributed by atoms with E-state index in [4.69, 9.17) is 0 Å². The number of alkyl halides is 3. The van der Waals surface area contributed by atoms with Crippen molar-refractivity contribution >= 4 is 11.4 Å². The second-order valence-corrected chi connectivity index (χ2v) is 10.3. The highest BCUT2D eigenvalue weighted by Gasteiger charge is 2.40. The zero-order chi connectivity index (χ0) is 23.8. The van der Waals surface area contributed by atoms with E-state index in [1.54, 1.807) is 12.1 Å². The highest BCUT2D eigenvalue weighted by Crippen LogP contribution is 2.41. The molecule has 0 atom stereocenters. The maximum Gasteiger partial charge on any atom is 0.416 e. The molecule has 3 fully saturated rings. The highest BCUT2D eigenvalue weighted by atomic mass is 19.4. The highest BCUT2D eigenvalue weighted by molar-refractivity contribution is 5.49. The molecule has 0 unspecified atom stereocenters. The van der Waals surface area contributed by atoms with Crippen molar-refractivity contribution in [1.29, 1.82) is 0 Å². The van der Waals surface area contributed by atoms with Gasteiger partial charge >= 0.3 is 6.18 Å². The zero-order valence-electron chi connectivity index (χ0n) is 19.9. The largest absolute Gasteiger partial charge is 0.416 e. The molecule has 3 saturated heterocycles. The van der Waals surface area contributed by atoms with Crippen molar-refractivity contribution in [3.63, 3.8) is 0 Å². The summed E-state index contributed by atoms with van der Waals surface area (Å²) < 4.78 is 38.5. The van der Waals surface area contributed by atoms with Crippen LogP contribution in [0.5, 0.6) is 0 Å². The Labute approximate surface area is 200 Å².